The Morgan fingerprint density at radius 1 is 0.952 bits per heavy atom. The van der Waals surface area contributed by atoms with Gasteiger partial charge in [-0.05, 0) is 55.2 Å². The molecule has 1 saturated carbocycles. The summed E-state index contributed by atoms with van der Waals surface area (Å²) in [4.78, 5) is 0. The van der Waals surface area contributed by atoms with Crippen molar-refractivity contribution >= 4 is 0 Å². The van der Waals surface area contributed by atoms with Crippen LogP contribution in [0.15, 0.2) is 30.6 Å². The van der Waals surface area contributed by atoms with E-state index in [-0.39, 0.29) is 0 Å². The maximum absolute atomic E-state index is 13.1. The van der Waals surface area contributed by atoms with Crippen LogP contribution in [0.1, 0.15) is 50.5 Å². The lowest BCUT2D eigenvalue weighted by Crippen LogP contribution is -2.15. The third kappa shape index (κ3) is 5.22. The van der Waals surface area contributed by atoms with E-state index in [2.05, 4.69) is 0 Å². The van der Waals surface area contributed by atoms with E-state index in [1.807, 2.05) is 0 Å². The molecule has 1 aromatic rings. The Labute approximate surface area is 125 Å². The lowest BCUT2D eigenvalue weighted by molar-refractivity contribution is 0.254. The van der Waals surface area contributed by atoms with Crippen LogP contribution in [0.2, 0.25) is 0 Å². The molecule has 3 heteroatoms. The fourth-order valence-corrected chi connectivity index (χ4v) is 3.27. The van der Waals surface area contributed by atoms with Crippen molar-refractivity contribution in [3.63, 3.8) is 0 Å². The molecule has 0 amide bonds. The second kappa shape index (κ2) is 8.26. The quantitative estimate of drug-likeness (QED) is 0.607. The summed E-state index contributed by atoms with van der Waals surface area (Å²) in [7, 11) is 0. The van der Waals surface area contributed by atoms with Gasteiger partial charge in [-0.1, -0.05) is 37.8 Å². The van der Waals surface area contributed by atoms with Crippen molar-refractivity contribution in [2.24, 2.45) is 11.8 Å². The van der Waals surface area contributed by atoms with Crippen molar-refractivity contribution < 1.29 is 13.2 Å². The van der Waals surface area contributed by atoms with Crippen LogP contribution in [0.5, 0.6) is 0 Å². The minimum atomic E-state index is -0.776. The Kier molecular flexibility index (Phi) is 6.34. The van der Waals surface area contributed by atoms with Gasteiger partial charge < -0.3 is 0 Å². The van der Waals surface area contributed by atoms with Gasteiger partial charge in [0.15, 0.2) is 11.6 Å². The Hall–Kier alpha value is -1.25. The van der Waals surface area contributed by atoms with Gasteiger partial charge in [0.2, 0.25) is 0 Å². The molecule has 0 saturated heterocycles. The summed E-state index contributed by atoms with van der Waals surface area (Å²) in [6, 6.07) is 4.19. The lowest BCUT2D eigenvalue weighted by atomic mass is 9.78. The molecule has 21 heavy (non-hydrogen) atoms. The average molecular weight is 296 g/mol. The van der Waals surface area contributed by atoms with Crippen molar-refractivity contribution in [2.75, 3.05) is 0 Å². The summed E-state index contributed by atoms with van der Waals surface area (Å²) in [6.45, 7) is 0. The number of hydrogen-bond donors (Lipinski definition) is 0. The molecule has 0 nitrogen and oxygen atoms in total. The largest absolute Gasteiger partial charge is 0.216 e. The summed E-state index contributed by atoms with van der Waals surface area (Å²) < 4.78 is 37.9. The molecule has 0 aromatic heterocycles. The predicted octanol–water partition coefficient (Wildman–Crippen LogP) is 5.97. The summed E-state index contributed by atoms with van der Waals surface area (Å²) in [6.07, 6.45) is 10.8. The van der Waals surface area contributed by atoms with Gasteiger partial charge in [0, 0.05) is 0 Å². The molecule has 2 rings (SSSR count). The van der Waals surface area contributed by atoms with Crippen LogP contribution in [-0.2, 0) is 6.42 Å². The first-order valence-corrected chi connectivity index (χ1v) is 7.88. The maximum Gasteiger partial charge on any atom is 0.159 e. The highest BCUT2D eigenvalue weighted by atomic mass is 19.2. The van der Waals surface area contributed by atoms with Crippen LogP contribution in [-0.4, -0.2) is 0 Å². The molecule has 1 fully saturated rings. The van der Waals surface area contributed by atoms with Crippen molar-refractivity contribution in [1.82, 2.24) is 0 Å². The van der Waals surface area contributed by atoms with E-state index in [9.17, 15) is 13.2 Å². The van der Waals surface area contributed by atoms with Crippen LogP contribution in [0, 0.1) is 23.5 Å². The number of hydrogen-bond acceptors (Lipinski definition) is 0. The van der Waals surface area contributed by atoms with Gasteiger partial charge in [-0.3, -0.25) is 0 Å². The van der Waals surface area contributed by atoms with E-state index in [1.165, 1.54) is 37.8 Å². The van der Waals surface area contributed by atoms with Crippen LogP contribution in [0.3, 0.4) is 0 Å². The number of allylic oxidation sites excluding steroid dienone is 1. The van der Waals surface area contributed by atoms with Gasteiger partial charge in [0.25, 0.3) is 0 Å². The fourth-order valence-electron chi connectivity index (χ4n) is 3.27. The number of rotatable bonds is 6. The second-order valence-electron chi connectivity index (χ2n) is 6.11. The molecule has 116 valence electrons. The Morgan fingerprint density at radius 3 is 2.24 bits per heavy atom. The molecule has 1 aromatic carbocycles. The van der Waals surface area contributed by atoms with Crippen molar-refractivity contribution in [1.29, 1.82) is 0 Å². The molecule has 0 radical (unpaired) electrons. The van der Waals surface area contributed by atoms with E-state index >= 15 is 0 Å². The van der Waals surface area contributed by atoms with Crippen LogP contribution >= 0.6 is 0 Å². The van der Waals surface area contributed by atoms with Gasteiger partial charge in [0.05, 0.1) is 6.33 Å². The standard InChI is InChI=1S/C18H23F3/c19-12-2-1-3-14-4-6-15(7-5-14)8-9-16-10-11-17(20)18(21)13-16/h2,10-15H,1,3-9H2. The topological polar surface area (TPSA) is 0 Å². The van der Waals surface area contributed by atoms with Crippen molar-refractivity contribution in [3.05, 3.63) is 47.8 Å². The maximum atomic E-state index is 13.1. The third-order valence-corrected chi connectivity index (χ3v) is 4.62. The zero-order chi connectivity index (χ0) is 15.1. The Morgan fingerprint density at radius 2 is 1.62 bits per heavy atom. The molecule has 1 aliphatic carbocycles. The zero-order valence-electron chi connectivity index (χ0n) is 12.3. The number of halogens is 3. The minimum absolute atomic E-state index is 0.632. The first kappa shape index (κ1) is 16.1. The highest BCUT2D eigenvalue weighted by Crippen LogP contribution is 2.34. The first-order chi connectivity index (χ1) is 10.2. The molecule has 0 atom stereocenters. The van der Waals surface area contributed by atoms with Gasteiger partial charge in [-0.2, -0.15) is 0 Å². The second-order valence-corrected chi connectivity index (χ2v) is 6.11. The monoisotopic (exact) mass is 296 g/mol. The van der Waals surface area contributed by atoms with Crippen LogP contribution in [0.25, 0.3) is 0 Å². The predicted molar refractivity (Wildman–Crippen MR) is 79.6 cm³/mol. The van der Waals surface area contributed by atoms with Gasteiger partial charge in [-0.25, -0.2) is 13.2 Å². The minimum Gasteiger partial charge on any atom is -0.216 e. The first-order valence-electron chi connectivity index (χ1n) is 7.88. The van der Waals surface area contributed by atoms with Gasteiger partial charge in [-0.15, -0.1) is 0 Å². The highest BCUT2D eigenvalue weighted by molar-refractivity contribution is 5.17. The third-order valence-electron chi connectivity index (χ3n) is 4.62. The normalized spacial score (nSPS) is 22.8. The molecule has 1 aliphatic rings. The molecule has 0 N–H and O–H groups in total. The zero-order valence-corrected chi connectivity index (χ0v) is 12.3. The van der Waals surface area contributed by atoms with E-state index in [1.54, 1.807) is 12.1 Å². The molecule has 0 heterocycles. The molecule has 0 bridgehead atoms. The van der Waals surface area contributed by atoms with E-state index in [0.717, 1.165) is 37.2 Å². The van der Waals surface area contributed by atoms with Gasteiger partial charge >= 0.3 is 0 Å². The molecular formula is C18H23F3. The summed E-state index contributed by atoms with van der Waals surface area (Å²) in [5.41, 5.74) is 0.879. The van der Waals surface area contributed by atoms with E-state index < -0.39 is 11.6 Å². The lowest BCUT2D eigenvalue weighted by Gasteiger charge is -2.28. The Bertz CT molecular complexity index is 460. The van der Waals surface area contributed by atoms with Crippen LogP contribution < -0.4 is 0 Å². The highest BCUT2D eigenvalue weighted by Gasteiger charge is 2.20. The number of benzene rings is 1. The smallest absolute Gasteiger partial charge is 0.159 e. The summed E-state index contributed by atoms with van der Waals surface area (Å²) >= 11 is 0. The molecule has 0 unspecified atom stereocenters. The molecular weight excluding hydrogens is 273 g/mol. The van der Waals surface area contributed by atoms with Crippen molar-refractivity contribution in [3.8, 4) is 0 Å². The molecule has 0 aliphatic heterocycles. The molecule has 0 spiro atoms. The number of aryl methyl sites for hydroxylation is 1. The van der Waals surface area contributed by atoms with Gasteiger partial charge in [0.1, 0.15) is 0 Å². The summed E-state index contributed by atoms with van der Waals surface area (Å²) in [5, 5.41) is 0. The van der Waals surface area contributed by atoms with Crippen molar-refractivity contribution in [2.45, 2.75) is 51.4 Å². The average Bonchev–Trinajstić information content (AvgIpc) is 2.50. The van der Waals surface area contributed by atoms with E-state index in [4.69, 9.17) is 0 Å². The summed E-state index contributed by atoms with van der Waals surface area (Å²) in [5.74, 6) is -0.120. The SMILES string of the molecule is FC=CCCC1CCC(CCc2ccc(F)c(F)c2)CC1. The van der Waals surface area contributed by atoms with Crippen LogP contribution in [0.4, 0.5) is 13.2 Å². The fraction of sp³-hybridized carbons (Fsp3) is 0.556. The Balaban J connectivity index is 1.70. The van der Waals surface area contributed by atoms with E-state index in [0.29, 0.717) is 12.2 Å².